The maximum absolute atomic E-state index is 12.8. The molecule has 1 atom stereocenters. The number of primary amides is 1. The van der Waals surface area contributed by atoms with Crippen molar-refractivity contribution in [2.24, 2.45) is 5.73 Å². The van der Waals surface area contributed by atoms with Crippen molar-refractivity contribution in [2.45, 2.75) is 18.6 Å². The van der Waals surface area contributed by atoms with E-state index in [9.17, 15) is 22.8 Å². The lowest BCUT2D eigenvalue weighted by atomic mass is 9.89. The second-order valence-corrected chi connectivity index (χ2v) is 5.03. The topological polar surface area (TPSA) is 85.3 Å². The molecule has 0 fully saturated rings. The first-order chi connectivity index (χ1) is 10.6. The summed E-state index contributed by atoms with van der Waals surface area (Å²) in [6, 6.07) is 5.42. The third-order valence-corrected chi connectivity index (χ3v) is 3.41. The van der Waals surface area contributed by atoms with Gasteiger partial charge in [0.2, 0.25) is 5.91 Å². The van der Waals surface area contributed by atoms with Crippen molar-refractivity contribution < 1.29 is 27.2 Å². The lowest BCUT2D eigenvalue weighted by Gasteiger charge is -2.28. The molecule has 1 heterocycles. The second kappa shape index (κ2) is 5.79. The van der Waals surface area contributed by atoms with E-state index in [0.717, 1.165) is 24.5 Å². The molecule has 0 spiro atoms. The molecule has 8 heteroatoms. The molecule has 0 radical (unpaired) electrons. The smallest absolute Gasteiger partial charge is 0.416 e. The number of carbonyl (C=O) groups excluding carboxylic acids is 2. The van der Waals surface area contributed by atoms with Crippen molar-refractivity contribution in [3.63, 3.8) is 0 Å². The van der Waals surface area contributed by atoms with E-state index in [1.54, 1.807) is 0 Å². The molecule has 23 heavy (non-hydrogen) atoms. The molecule has 0 aliphatic carbocycles. The predicted octanol–water partition coefficient (Wildman–Crippen LogP) is 2.43. The molecule has 0 aliphatic heterocycles. The summed E-state index contributed by atoms with van der Waals surface area (Å²) in [7, 11) is 0. The van der Waals surface area contributed by atoms with Crippen LogP contribution in [0.15, 0.2) is 47.3 Å². The van der Waals surface area contributed by atoms with Gasteiger partial charge in [0.1, 0.15) is 11.8 Å². The fraction of sp³-hybridized carbons (Fsp3) is 0.200. The Balaban J connectivity index is 2.41. The van der Waals surface area contributed by atoms with Crippen LogP contribution in [-0.2, 0) is 16.5 Å². The van der Waals surface area contributed by atoms with E-state index in [0.29, 0.717) is 0 Å². The van der Waals surface area contributed by atoms with E-state index in [1.165, 1.54) is 25.3 Å². The van der Waals surface area contributed by atoms with E-state index in [-0.39, 0.29) is 11.1 Å². The van der Waals surface area contributed by atoms with E-state index in [1.807, 2.05) is 0 Å². The Labute approximate surface area is 129 Å². The molecule has 2 amide bonds. The number of rotatable bonds is 4. The van der Waals surface area contributed by atoms with Crippen LogP contribution in [0.5, 0.6) is 0 Å². The van der Waals surface area contributed by atoms with Gasteiger partial charge in [-0.2, -0.15) is 13.2 Å². The summed E-state index contributed by atoms with van der Waals surface area (Å²) < 4.78 is 43.2. The summed E-state index contributed by atoms with van der Waals surface area (Å²) in [5, 5.41) is 2.35. The number of alkyl halides is 3. The van der Waals surface area contributed by atoms with Crippen LogP contribution in [0.1, 0.15) is 28.4 Å². The summed E-state index contributed by atoms with van der Waals surface area (Å²) in [5.74, 6) is -1.69. The van der Waals surface area contributed by atoms with Crippen LogP contribution >= 0.6 is 0 Å². The van der Waals surface area contributed by atoms with Crippen LogP contribution in [0, 0.1) is 0 Å². The number of nitrogens with two attached hydrogens (primary N) is 1. The first-order valence-electron chi connectivity index (χ1n) is 6.47. The second-order valence-electron chi connectivity index (χ2n) is 5.03. The number of hydrogen-bond acceptors (Lipinski definition) is 3. The molecule has 5 nitrogen and oxygen atoms in total. The van der Waals surface area contributed by atoms with Gasteiger partial charge >= 0.3 is 6.18 Å². The van der Waals surface area contributed by atoms with Gasteiger partial charge in [-0.1, -0.05) is 12.1 Å². The normalized spacial score (nSPS) is 14.1. The maximum Gasteiger partial charge on any atom is 0.416 e. The van der Waals surface area contributed by atoms with Crippen molar-refractivity contribution in [1.29, 1.82) is 0 Å². The van der Waals surface area contributed by atoms with E-state index in [2.05, 4.69) is 5.32 Å². The summed E-state index contributed by atoms with van der Waals surface area (Å²) in [6.07, 6.45) is -2.19. The van der Waals surface area contributed by atoms with Gasteiger partial charge in [-0.25, -0.2) is 0 Å². The molecule has 3 N–H and O–H groups in total. The van der Waals surface area contributed by atoms with Gasteiger partial charge < -0.3 is 15.5 Å². The third kappa shape index (κ3) is 3.36. The van der Waals surface area contributed by atoms with E-state index < -0.39 is 29.1 Å². The largest absolute Gasteiger partial charge is 0.472 e. The Morgan fingerprint density at radius 3 is 2.35 bits per heavy atom. The zero-order chi connectivity index (χ0) is 17.3. The highest BCUT2D eigenvalue weighted by Gasteiger charge is 2.38. The van der Waals surface area contributed by atoms with Crippen molar-refractivity contribution in [3.8, 4) is 0 Å². The molecule has 2 aromatic rings. The van der Waals surface area contributed by atoms with Crippen LogP contribution in [0.2, 0.25) is 0 Å². The lowest BCUT2D eigenvalue weighted by Crippen LogP contribution is -2.52. The van der Waals surface area contributed by atoms with Crippen molar-refractivity contribution in [1.82, 2.24) is 5.32 Å². The highest BCUT2D eigenvalue weighted by Crippen LogP contribution is 2.32. The molecule has 0 saturated carbocycles. The first-order valence-corrected chi connectivity index (χ1v) is 6.47. The van der Waals surface area contributed by atoms with Crippen LogP contribution < -0.4 is 11.1 Å². The molecule has 2 rings (SSSR count). The number of halogens is 3. The fourth-order valence-electron chi connectivity index (χ4n) is 1.98. The van der Waals surface area contributed by atoms with Gasteiger partial charge in [0.15, 0.2) is 0 Å². The van der Waals surface area contributed by atoms with Crippen LogP contribution in [0.25, 0.3) is 0 Å². The summed E-state index contributed by atoms with van der Waals surface area (Å²) in [6.45, 7) is 1.24. The van der Waals surface area contributed by atoms with Gasteiger partial charge in [-0.3, -0.25) is 9.59 Å². The van der Waals surface area contributed by atoms with Gasteiger partial charge in [-0.15, -0.1) is 0 Å². The molecule has 1 aromatic heterocycles. The van der Waals surface area contributed by atoms with Crippen LogP contribution in [-0.4, -0.2) is 11.8 Å². The molecule has 0 aliphatic rings. The Kier molecular flexibility index (Phi) is 4.18. The van der Waals surface area contributed by atoms with Crippen molar-refractivity contribution >= 4 is 11.8 Å². The maximum atomic E-state index is 12.8. The molecule has 0 saturated heterocycles. The first kappa shape index (κ1) is 16.6. The molecule has 1 aromatic carbocycles. The zero-order valence-electron chi connectivity index (χ0n) is 12.0. The summed E-state index contributed by atoms with van der Waals surface area (Å²) in [5.41, 5.74) is 2.59. The average Bonchev–Trinajstić information content (AvgIpc) is 3.00. The molecule has 0 unspecified atom stereocenters. The highest BCUT2D eigenvalue weighted by molar-refractivity contribution is 5.98. The van der Waals surface area contributed by atoms with Gasteiger partial charge in [0, 0.05) is 0 Å². The minimum Gasteiger partial charge on any atom is -0.472 e. The quantitative estimate of drug-likeness (QED) is 0.905. The number of hydrogen-bond donors (Lipinski definition) is 2. The number of benzene rings is 1. The third-order valence-electron chi connectivity index (χ3n) is 3.41. The predicted molar refractivity (Wildman–Crippen MR) is 74.2 cm³/mol. The number of furan rings is 1. The summed E-state index contributed by atoms with van der Waals surface area (Å²) in [4.78, 5) is 23.9. The van der Waals surface area contributed by atoms with Crippen molar-refractivity contribution in [3.05, 3.63) is 59.5 Å². The Hall–Kier alpha value is -2.77. The monoisotopic (exact) mass is 326 g/mol. The minimum atomic E-state index is -4.58. The molecule has 0 bridgehead atoms. The SMILES string of the molecule is C[C@@](NC(=O)c1ccoc1)(C(N)=O)c1cccc(C(F)(F)F)c1. The van der Waals surface area contributed by atoms with Crippen molar-refractivity contribution in [2.75, 3.05) is 0 Å². The molecule has 122 valence electrons. The molecular weight excluding hydrogens is 313 g/mol. The summed E-state index contributed by atoms with van der Waals surface area (Å²) >= 11 is 0. The van der Waals surface area contributed by atoms with E-state index in [4.69, 9.17) is 10.2 Å². The number of carbonyl (C=O) groups is 2. The molecular formula is C15H13F3N2O3. The van der Waals surface area contributed by atoms with Crippen LogP contribution in [0.3, 0.4) is 0 Å². The zero-order valence-corrected chi connectivity index (χ0v) is 12.0. The van der Waals surface area contributed by atoms with Gasteiger partial charge in [0.05, 0.1) is 17.4 Å². The number of nitrogens with one attached hydrogen (secondary N) is 1. The number of amides is 2. The minimum absolute atomic E-state index is 0.0725. The van der Waals surface area contributed by atoms with Gasteiger partial charge in [0.25, 0.3) is 5.91 Å². The lowest BCUT2D eigenvalue weighted by molar-refractivity contribution is -0.137. The Bertz CT molecular complexity index is 726. The standard InChI is InChI=1S/C15H13F3N2O3/c1-14(13(19)22,20-12(21)9-5-6-23-8-9)10-3-2-4-11(7-10)15(16,17)18/h2-8H,1H3,(H2,19,22)(H,20,21)/t14-/m0/s1. The Morgan fingerprint density at radius 2 is 1.83 bits per heavy atom. The van der Waals surface area contributed by atoms with Gasteiger partial charge in [-0.05, 0) is 30.7 Å². The Morgan fingerprint density at radius 1 is 1.17 bits per heavy atom. The average molecular weight is 326 g/mol. The van der Waals surface area contributed by atoms with Crippen LogP contribution in [0.4, 0.5) is 13.2 Å². The highest BCUT2D eigenvalue weighted by atomic mass is 19.4. The fourth-order valence-corrected chi connectivity index (χ4v) is 1.98. The van der Waals surface area contributed by atoms with E-state index >= 15 is 0 Å².